The smallest absolute Gasteiger partial charge is 0.355 e. The molecule has 0 unspecified atom stereocenters. The van der Waals surface area contributed by atoms with Crippen LogP contribution in [0.2, 0.25) is 0 Å². The van der Waals surface area contributed by atoms with Gasteiger partial charge in [-0.05, 0) is 84.8 Å². The summed E-state index contributed by atoms with van der Waals surface area (Å²) in [6.45, 7) is 3.12. The topological polar surface area (TPSA) is 112 Å². The Morgan fingerprint density at radius 1 is 0.938 bits per heavy atom. The standard InChI is InChI=1S/C38H40N6O3S/c1-24-27(19-21-39-35(24)43(2)26-12-6-4-3-5-7-13-26)28-17-18-33(41-34(28)37(46)47)44-22-20-25-11-10-14-29(30(25)23-44)36(45)42-38-40-31-15-8-9-16-32(31)48-38/h8-11,14-19,21,26H,3-7,12-13,20,22-23H2,1-2H3,(H,46,47)(H,40,42,45). The molecule has 4 heterocycles. The Bertz CT molecular complexity index is 1950. The van der Waals surface area contributed by atoms with Crippen molar-refractivity contribution in [2.45, 2.75) is 70.9 Å². The van der Waals surface area contributed by atoms with E-state index in [9.17, 15) is 14.7 Å². The molecule has 1 aliphatic heterocycles. The fraction of sp³-hybridized carbons (Fsp3) is 0.342. The maximum atomic E-state index is 13.5. The summed E-state index contributed by atoms with van der Waals surface area (Å²) in [4.78, 5) is 44.6. The van der Waals surface area contributed by atoms with Crippen LogP contribution in [0.15, 0.2) is 66.9 Å². The second-order valence-electron chi connectivity index (χ2n) is 12.8. The summed E-state index contributed by atoms with van der Waals surface area (Å²) < 4.78 is 1.01. The number of pyridine rings is 2. The van der Waals surface area contributed by atoms with Gasteiger partial charge in [0.1, 0.15) is 11.6 Å². The van der Waals surface area contributed by atoms with Gasteiger partial charge in [0.05, 0.1) is 10.2 Å². The molecule has 246 valence electrons. The zero-order valence-corrected chi connectivity index (χ0v) is 28.2. The number of fused-ring (bicyclic) bond motifs is 2. The van der Waals surface area contributed by atoms with Crippen molar-refractivity contribution in [1.29, 1.82) is 0 Å². The second kappa shape index (κ2) is 13.7. The Morgan fingerprint density at radius 2 is 1.73 bits per heavy atom. The molecule has 1 fully saturated rings. The first-order valence-electron chi connectivity index (χ1n) is 16.8. The van der Waals surface area contributed by atoms with E-state index in [0.29, 0.717) is 47.6 Å². The van der Waals surface area contributed by atoms with Crippen LogP contribution in [0.5, 0.6) is 0 Å². The van der Waals surface area contributed by atoms with Gasteiger partial charge in [-0.1, -0.05) is 67.7 Å². The fourth-order valence-corrected chi connectivity index (χ4v) is 8.11. The number of carboxylic acids is 1. The number of nitrogens with one attached hydrogen (secondary N) is 1. The molecule has 0 spiro atoms. The van der Waals surface area contributed by atoms with E-state index >= 15 is 0 Å². The third kappa shape index (κ3) is 6.36. The zero-order chi connectivity index (χ0) is 33.2. The number of rotatable bonds is 7. The number of benzene rings is 2. The predicted molar refractivity (Wildman–Crippen MR) is 192 cm³/mol. The van der Waals surface area contributed by atoms with E-state index < -0.39 is 5.97 Å². The number of amides is 1. The van der Waals surface area contributed by atoms with Crippen molar-refractivity contribution < 1.29 is 14.7 Å². The van der Waals surface area contributed by atoms with Gasteiger partial charge in [0, 0.05) is 43.5 Å². The molecule has 1 aliphatic carbocycles. The number of anilines is 3. The predicted octanol–water partition coefficient (Wildman–Crippen LogP) is 8.12. The van der Waals surface area contributed by atoms with Gasteiger partial charge in [-0.25, -0.2) is 19.7 Å². The van der Waals surface area contributed by atoms with Gasteiger partial charge in [-0.2, -0.15) is 0 Å². The average molecular weight is 661 g/mol. The summed E-state index contributed by atoms with van der Waals surface area (Å²) >= 11 is 1.45. The Kier molecular flexibility index (Phi) is 9.08. The number of aromatic nitrogens is 3. The molecule has 1 amide bonds. The third-order valence-electron chi connectivity index (χ3n) is 9.86. The van der Waals surface area contributed by atoms with Crippen molar-refractivity contribution in [3.8, 4) is 11.1 Å². The molecule has 1 saturated carbocycles. The molecule has 0 bridgehead atoms. The largest absolute Gasteiger partial charge is 0.476 e. The van der Waals surface area contributed by atoms with Crippen molar-refractivity contribution in [1.82, 2.24) is 15.0 Å². The summed E-state index contributed by atoms with van der Waals surface area (Å²) in [7, 11) is 2.12. The van der Waals surface area contributed by atoms with Crippen LogP contribution in [-0.2, 0) is 13.0 Å². The molecule has 7 rings (SSSR count). The summed E-state index contributed by atoms with van der Waals surface area (Å²) in [6, 6.07) is 19.7. The molecule has 10 heteroatoms. The molecule has 0 saturated heterocycles. The van der Waals surface area contributed by atoms with Crippen LogP contribution in [0.25, 0.3) is 21.3 Å². The molecule has 2 aliphatic rings. The monoisotopic (exact) mass is 660 g/mol. The summed E-state index contributed by atoms with van der Waals surface area (Å²) in [5.41, 5.74) is 5.81. The SMILES string of the molecule is Cc1c(-c2ccc(N3CCc4cccc(C(=O)Nc5nc6ccccc6s5)c4C3)nc2C(=O)O)ccnc1N(C)C1CCCCCCC1. The molecule has 9 nitrogen and oxygen atoms in total. The van der Waals surface area contributed by atoms with Crippen LogP contribution in [0, 0.1) is 6.92 Å². The van der Waals surface area contributed by atoms with Crippen LogP contribution in [0.1, 0.15) is 82.5 Å². The highest BCUT2D eigenvalue weighted by Gasteiger charge is 2.26. The maximum Gasteiger partial charge on any atom is 0.355 e. The van der Waals surface area contributed by atoms with Crippen LogP contribution < -0.4 is 15.1 Å². The lowest BCUT2D eigenvalue weighted by molar-refractivity contribution is 0.0691. The van der Waals surface area contributed by atoms with Crippen molar-refractivity contribution in [2.75, 3.05) is 28.7 Å². The van der Waals surface area contributed by atoms with Gasteiger partial charge in [-0.3, -0.25) is 10.1 Å². The zero-order valence-electron chi connectivity index (χ0n) is 27.4. The van der Waals surface area contributed by atoms with Crippen LogP contribution in [-0.4, -0.2) is 51.6 Å². The molecule has 0 radical (unpaired) electrons. The van der Waals surface area contributed by atoms with Gasteiger partial charge in [0.2, 0.25) is 0 Å². The van der Waals surface area contributed by atoms with E-state index in [1.807, 2.05) is 61.5 Å². The molecule has 0 atom stereocenters. The maximum absolute atomic E-state index is 13.5. The van der Waals surface area contributed by atoms with Gasteiger partial charge in [0.25, 0.3) is 5.91 Å². The van der Waals surface area contributed by atoms with Crippen LogP contribution in [0.4, 0.5) is 16.8 Å². The summed E-state index contributed by atoms with van der Waals surface area (Å²) in [5, 5.41) is 13.9. The van der Waals surface area contributed by atoms with Gasteiger partial charge < -0.3 is 14.9 Å². The number of carboxylic acid groups (broad SMARTS) is 1. The molecule has 2 N–H and O–H groups in total. The minimum absolute atomic E-state index is 0.00835. The Balaban J connectivity index is 1.15. The highest BCUT2D eigenvalue weighted by Crippen LogP contribution is 2.35. The molecule has 2 aromatic carbocycles. The fourth-order valence-electron chi connectivity index (χ4n) is 7.25. The average Bonchev–Trinajstić information content (AvgIpc) is 3.49. The number of carbonyl (C=O) groups excluding carboxylic acids is 1. The first-order valence-corrected chi connectivity index (χ1v) is 17.6. The number of aromatic carboxylic acids is 1. The van der Waals surface area contributed by atoms with E-state index in [0.717, 1.165) is 51.1 Å². The number of nitrogens with zero attached hydrogens (tertiary/aromatic N) is 5. The highest BCUT2D eigenvalue weighted by atomic mass is 32.1. The molecular formula is C38H40N6O3S. The number of para-hydroxylation sites is 1. The van der Waals surface area contributed by atoms with Crippen molar-refractivity contribution in [3.05, 3.63) is 94.8 Å². The van der Waals surface area contributed by atoms with Gasteiger partial charge in [-0.15, -0.1) is 0 Å². The van der Waals surface area contributed by atoms with Crippen molar-refractivity contribution in [2.24, 2.45) is 0 Å². The van der Waals surface area contributed by atoms with E-state index in [1.165, 1.54) is 43.4 Å². The number of hydrogen-bond donors (Lipinski definition) is 2. The van der Waals surface area contributed by atoms with E-state index in [4.69, 9.17) is 9.97 Å². The van der Waals surface area contributed by atoms with Crippen LogP contribution >= 0.6 is 11.3 Å². The minimum atomic E-state index is -1.08. The quantitative estimate of drug-likeness (QED) is 0.180. The normalized spacial score (nSPS) is 15.4. The summed E-state index contributed by atoms with van der Waals surface area (Å²) in [5.74, 6) is 0.173. The molecule has 48 heavy (non-hydrogen) atoms. The second-order valence-corrected chi connectivity index (χ2v) is 13.9. The number of carbonyl (C=O) groups is 2. The lowest BCUT2D eigenvalue weighted by Crippen LogP contribution is -2.33. The first kappa shape index (κ1) is 31.8. The number of thiazole rings is 1. The molecule has 5 aromatic rings. The van der Waals surface area contributed by atoms with E-state index in [1.54, 1.807) is 6.20 Å². The van der Waals surface area contributed by atoms with E-state index in [2.05, 4.69) is 33.2 Å². The van der Waals surface area contributed by atoms with Gasteiger partial charge >= 0.3 is 5.97 Å². The van der Waals surface area contributed by atoms with Gasteiger partial charge in [0.15, 0.2) is 10.8 Å². The minimum Gasteiger partial charge on any atom is -0.476 e. The van der Waals surface area contributed by atoms with Crippen molar-refractivity contribution >= 4 is 50.2 Å². The van der Waals surface area contributed by atoms with Crippen LogP contribution in [0.3, 0.4) is 0 Å². The first-order chi connectivity index (χ1) is 23.4. The third-order valence-corrected chi connectivity index (χ3v) is 10.8. The lowest BCUT2D eigenvalue weighted by Gasteiger charge is -2.32. The van der Waals surface area contributed by atoms with Crippen molar-refractivity contribution in [3.63, 3.8) is 0 Å². The number of hydrogen-bond acceptors (Lipinski definition) is 8. The Morgan fingerprint density at radius 3 is 2.52 bits per heavy atom. The molecular weight excluding hydrogens is 621 g/mol. The lowest BCUT2D eigenvalue weighted by atomic mass is 9.94. The Labute approximate surface area is 284 Å². The van der Waals surface area contributed by atoms with E-state index in [-0.39, 0.29) is 11.6 Å². The Hall–Kier alpha value is -4.83. The molecule has 3 aromatic heterocycles. The summed E-state index contributed by atoms with van der Waals surface area (Å²) in [6.07, 6.45) is 11.1. The highest BCUT2D eigenvalue weighted by molar-refractivity contribution is 7.22.